The number of carbonyl (C=O) groups is 2. The maximum absolute atomic E-state index is 9.10. The summed E-state index contributed by atoms with van der Waals surface area (Å²) in [7, 11) is 4.21. The summed E-state index contributed by atoms with van der Waals surface area (Å²) in [5, 5.41) is 15.6. The average Bonchev–Trinajstić information content (AvgIpc) is 2.66. The predicted octanol–water partition coefficient (Wildman–Crippen LogP) is 3.21. The van der Waals surface area contributed by atoms with Gasteiger partial charge in [0.15, 0.2) is 0 Å². The standard InChI is InChI=1S/C19H21ClN2.C2H2O4/c1-22(2)12-11-15-13-14-7-3-4-8-16(14)19(21-15)17-9-5-6-10-18(17)20;3-1(4)2(5)6/h3-10,15H,11-13H2,1-2H3;(H,3,4)(H,5,6). The maximum atomic E-state index is 9.10. The average molecular weight is 403 g/mol. The van der Waals surface area contributed by atoms with Crippen LogP contribution in [0.25, 0.3) is 0 Å². The molecular weight excluding hydrogens is 380 g/mol. The van der Waals surface area contributed by atoms with E-state index < -0.39 is 11.9 Å². The Kier molecular flexibility index (Phi) is 7.72. The highest BCUT2D eigenvalue weighted by Crippen LogP contribution is 2.28. The minimum atomic E-state index is -1.82. The van der Waals surface area contributed by atoms with Crippen LogP contribution in [0.15, 0.2) is 53.5 Å². The van der Waals surface area contributed by atoms with Crippen LogP contribution in [0.1, 0.15) is 23.1 Å². The zero-order chi connectivity index (χ0) is 20.7. The monoisotopic (exact) mass is 402 g/mol. The minimum Gasteiger partial charge on any atom is -0.473 e. The van der Waals surface area contributed by atoms with E-state index in [4.69, 9.17) is 36.4 Å². The lowest BCUT2D eigenvalue weighted by atomic mass is 9.89. The third kappa shape index (κ3) is 5.90. The van der Waals surface area contributed by atoms with E-state index in [0.717, 1.165) is 35.7 Å². The summed E-state index contributed by atoms with van der Waals surface area (Å²) in [5.41, 5.74) is 4.66. The van der Waals surface area contributed by atoms with Crippen LogP contribution in [-0.2, 0) is 16.0 Å². The van der Waals surface area contributed by atoms with Gasteiger partial charge in [0.05, 0.1) is 11.8 Å². The van der Waals surface area contributed by atoms with E-state index in [9.17, 15) is 0 Å². The zero-order valence-electron chi connectivity index (χ0n) is 15.8. The number of aliphatic carboxylic acids is 2. The van der Waals surface area contributed by atoms with Crippen LogP contribution in [0.4, 0.5) is 0 Å². The molecule has 3 rings (SSSR count). The lowest BCUT2D eigenvalue weighted by molar-refractivity contribution is -0.159. The molecule has 2 aromatic rings. The van der Waals surface area contributed by atoms with Crippen molar-refractivity contribution >= 4 is 29.3 Å². The Morgan fingerprint density at radius 1 is 1.04 bits per heavy atom. The Morgan fingerprint density at radius 3 is 2.18 bits per heavy atom. The first-order chi connectivity index (χ1) is 13.3. The van der Waals surface area contributed by atoms with Crippen molar-refractivity contribution in [1.29, 1.82) is 0 Å². The van der Waals surface area contributed by atoms with Gasteiger partial charge in [-0.25, -0.2) is 9.59 Å². The highest BCUT2D eigenvalue weighted by Gasteiger charge is 2.22. The molecule has 0 fully saturated rings. The summed E-state index contributed by atoms with van der Waals surface area (Å²) in [6, 6.07) is 16.9. The molecule has 6 nitrogen and oxygen atoms in total. The van der Waals surface area contributed by atoms with Crippen LogP contribution >= 0.6 is 11.6 Å². The van der Waals surface area contributed by atoms with Crippen molar-refractivity contribution in [3.8, 4) is 0 Å². The second-order valence-corrected chi connectivity index (χ2v) is 7.08. The molecule has 2 N–H and O–H groups in total. The number of nitrogens with zero attached hydrogens (tertiary/aromatic N) is 2. The fourth-order valence-electron chi connectivity index (χ4n) is 2.92. The van der Waals surface area contributed by atoms with E-state index in [0.29, 0.717) is 6.04 Å². The van der Waals surface area contributed by atoms with E-state index in [1.807, 2.05) is 18.2 Å². The van der Waals surface area contributed by atoms with Gasteiger partial charge in [-0.05, 0) is 45.1 Å². The molecule has 1 atom stereocenters. The molecular formula is C21H23ClN2O4. The molecule has 1 aliphatic rings. The number of halogens is 1. The van der Waals surface area contributed by atoms with Crippen LogP contribution in [0, 0.1) is 0 Å². The molecule has 0 bridgehead atoms. The van der Waals surface area contributed by atoms with Crippen molar-refractivity contribution in [2.45, 2.75) is 18.9 Å². The summed E-state index contributed by atoms with van der Waals surface area (Å²) < 4.78 is 0. The number of hydrogen-bond donors (Lipinski definition) is 2. The Bertz CT molecular complexity index is 868. The van der Waals surface area contributed by atoms with Gasteiger partial charge in [0.25, 0.3) is 0 Å². The predicted molar refractivity (Wildman–Crippen MR) is 109 cm³/mol. The highest BCUT2D eigenvalue weighted by atomic mass is 35.5. The van der Waals surface area contributed by atoms with Gasteiger partial charge >= 0.3 is 11.9 Å². The van der Waals surface area contributed by atoms with Gasteiger partial charge < -0.3 is 15.1 Å². The lowest BCUT2D eigenvalue weighted by Crippen LogP contribution is -2.26. The Morgan fingerprint density at radius 2 is 1.61 bits per heavy atom. The van der Waals surface area contributed by atoms with Crippen molar-refractivity contribution in [2.24, 2.45) is 4.99 Å². The number of carboxylic acids is 2. The Balaban J connectivity index is 0.000000409. The number of fused-ring (bicyclic) bond motifs is 1. The zero-order valence-corrected chi connectivity index (χ0v) is 16.6. The van der Waals surface area contributed by atoms with E-state index in [-0.39, 0.29) is 0 Å². The second kappa shape index (κ2) is 10.0. The Hall–Kier alpha value is -2.70. The lowest BCUT2D eigenvalue weighted by Gasteiger charge is -2.25. The first-order valence-corrected chi connectivity index (χ1v) is 9.19. The summed E-state index contributed by atoms with van der Waals surface area (Å²) >= 11 is 6.41. The molecule has 2 aromatic carbocycles. The molecule has 1 heterocycles. The molecule has 0 radical (unpaired) electrons. The van der Waals surface area contributed by atoms with E-state index >= 15 is 0 Å². The smallest absolute Gasteiger partial charge is 0.414 e. The van der Waals surface area contributed by atoms with Gasteiger partial charge in [0.2, 0.25) is 0 Å². The van der Waals surface area contributed by atoms with Gasteiger partial charge in [-0.1, -0.05) is 54.1 Å². The summed E-state index contributed by atoms with van der Waals surface area (Å²) in [5.74, 6) is -3.65. The largest absolute Gasteiger partial charge is 0.473 e. The molecule has 28 heavy (non-hydrogen) atoms. The van der Waals surface area contributed by atoms with Gasteiger partial charge in [0.1, 0.15) is 0 Å². The van der Waals surface area contributed by atoms with Crippen molar-refractivity contribution in [1.82, 2.24) is 4.90 Å². The van der Waals surface area contributed by atoms with Gasteiger partial charge in [-0.3, -0.25) is 4.99 Å². The summed E-state index contributed by atoms with van der Waals surface area (Å²) in [6.45, 7) is 1.05. The molecule has 1 aliphatic heterocycles. The molecule has 7 heteroatoms. The SMILES string of the molecule is CN(C)CCC1Cc2ccccc2C(c2ccccc2Cl)=N1.O=C(O)C(=O)O. The fourth-order valence-corrected chi connectivity index (χ4v) is 3.15. The first kappa shape index (κ1) is 21.6. The quantitative estimate of drug-likeness (QED) is 0.766. The van der Waals surface area contributed by atoms with Gasteiger partial charge in [0, 0.05) is 16.1 Å². The third-order valence-electron chi connectivity index (χ3n) is 4.26. The number of carboxylic acid groups (broad SMARTS) is 2. The summed E-state index contributed by atoms with van der Waals surface area (Å²) in [6.07, 6.45) is 2.08. The molecule has 0 amide bonds. The third-order valence-corrected chi connectivity index (χ3v) is 4.59. The molecule has 0 aromatic heterocycles. The van der Waals surface area contributed by atoms with E-state index in [1.54, 1.807) is 0 Å². The number of hydrogen-bond acceptors (Lipinski definition) is 4. The van der Waals surface area contributed by atoms with Crippen LogP contribution < -0.4 is 0 Å². The highest BCUT2D eigenvalue weighted by molar-refractivity contribution is 6.35. The van der Waals surface area contributed by atoms with Crippen molar-refractivity contribution in [3.63, 3.8) is 0 Å². The van der Waals surface area contributed by atoms with Crippen molar-refractivity contribution in [3.05, 3.63) is 70.2 Å². The van der Waals surface area contributed by atoms with Crippen LogP contribution in [0.3, 0.4) is 0 Å². The van der Waals surface area contributed by atoms with Crippen molar-refractivity contribution < 1.29 is 19.8 Å². The number of rotatable bonds is 4. The fraction of sp³-hybridized carbons (Fsp3) is 0.286. The van der Waals surface area contributed by atoms with E-state index in [1.165, 1.54) is 11.1 Å². The van der Waals surface area contributed by atoms with Gasteiger partial charge in [-0.2, -0.15) is 0 Å². The molecule has 1 unspecified atom stereocenters. The second-order valence-electron chi connectivity index (χ2n) is 6.67. The first-order valence-electron chi connectivity index (χ1n) is 8.81. The van der Waals surface area contributed by atoms with Crippen LogP contribution in [0.2, 0.25) is 5.02 Å². The summed E-state index contributed by atoms with van der Waals surface area (Å²) in [4.78, 5) is 25.4. The minimum absolute atomic E-state index is 0.323. The molecule has 0 saturated heterocycles. The molecule has 0 saturated carbocycles. The molecule has 0 spiro atoms. The van der Waals surface area contributed by atoms with Crippen LogP contribution in [-0.4, -0.2) is 59.4 Å². The van der Waals surface area contributed by atoms with E-state index in [2.05, 4.69) is 49.3 Å². The topological polar surface area (TPSA) is 90.2 Å². The Labute approximate surface area is 169 Å². The van der Waals surface area contributed by atoms with Crippen molar-refractivity contribution in [2.75, 3.05) is 20.6 Å². The van der Waals surface area contributed by atoms with Gasteiger partial charge in [-0.15, -0.1) is 0 Å². The number of benzene rings is 2. The normalized spacial score (nSPS) is 15.1. The number of aliphatic imine (C=N–C) groups is 1. The molecule has 148 valence electrons. The molecule has 0 aliphatic carbocycles. The maximum Gasteiger partial charge on any atom is 0.414 e. The van der Waals surface area contributed by atoms with Crippen LogP contribution in [0.5, 0.6) is 0 Å².